The van der Waals surface area contributed by atoms with Crippen LogP contribution in [0.4, 0.5) is 0 Å². The quantitative estimate of drug-likeness (QED) is 0.754. The van der Waals surface area contributed by atoms with E-state index in [1.54, 1.807) is 24.3 Å². The molecule has 1 saturated carbocycles. The van der Waals surface area contributed by atoms with Crippen molar-refractivity contribution in [2.24, 2.45) is 5.92 Å². The molecule has 0 spiro atoms. The zero-order valence-corrected chi connectivity index (χ0v) is 13.1. The fraction of sp³-hybridized carbons (Fsp3) is 0.600. The molecule has 2 unspecified atom stereocenters. The minimum Gasteiger partial charge on any atom is -0.494 e. The van der Waals surface area contributed by atoms with Gasteiger partial charge in [-0.05, 0) is 43.0 Å². The molecule has 0 aromatic heterocycles. The second-order valence-corrected chi connectivity index (χ2v) is 7.25. The molecule has 0 amide bonds. The zero-order valence-electron chi connectivity index (χ0n) is 12.3. The van der Waals surface area contributed by atoms with Crippen molar-refractivity contribution in [3.63, 3.8) is 0 Å². The van der Waals surface area contributed by atoms with Crippen LogP contribution in [0.5, 0.6) is 5.75 Å². The lowest BCUT2D eigenvalue weighted by atomic mass is 10.1. The molecule has 6 heteroatoms. The van der Waals surface area contributed by atoms with Gasteiger partial charge >= 0.3 is 0 Å². The van der Waals surface area contributed by atoms with Crippen LogP contribution in [-0.2, 0) is 10.0 Å². The monoisotopic (exact) mass is 313 g/mol. The molecule has 21 heavy (non-hydrogen) atoms. The SMILES string of the molecule is CC1CCCC1NS(=O)(=O)c1ccc(OCCCO)cc1. The topological polar surface area (TPSA) is 75.6 Å². The van der Waals surface area contributed by atoms with Crippen molar-refractivity contribution in [2.75, 3.05) is 13.2 Å². The summed E-state index contributed by atoms with van der Waals surface area (Å²) in [6.45, 7) is 2.58. The van der Waals surface area contributed by atoms with Crippen molar-refractivity contribution in [1.82, 2.24) is 4.72 Å². The molecule has 0 radical (unpaired) electrons. The standard InChI is InChI=1S/C15H23NO4S/c1-12-4-2-5-15(12)16-21(18,19)14-8-6-13(7-9-14)20-11-3-10-17/h6-9,12,15-17H,2-5,10-11H2,1H3. The molecule has 2 rings (SSSR count). The first-order chi connectivity index (χ1) is 10.0. The Morgan fingerprint density at radius 2 is 2.00 bits per heavy atom. The fourth-order valence-electron chi connectivity index (χ4n) is 2.56. The first-order valence-electron chi connectivity index (χ1n) is 7.39. The third-order valence-corrected chi connectivity index (χ3v) is 5.38. The number of aliphatic hydroxyl groups excluding tert-OH is 1. The van der Waals surface area contributed by atoms with Gasteiger partial charge in [-0.25, -0.2) is 13.1 Å². The highest BCUT2D eigenvalue weighted by Gasteiger charge is 2.28. The largest absolute Gasteiger partial charge is 0.494 e. The Morgan fingerprint density at radius 3 is 2.57 bits per heavy atom. The number of sulfonamides is 1. The minimum atomic E-state index is -3.46. The van der Waals surface area contributed by atoms with Crippen LogP contribution in [0.15, 0.2) is 29.2 Å². The van der Waals surface area contributed by atoms with E-state index in [0.29, 0.717) is 24.7 Å². The Balaban J connectivity index is 1.99. The van der Waals surface area contributed by atoms with E-state index in [0.717, 1.165) is 19.3 Å². The van der Waals surface area contributed by atoms with E-state index in [1.165, 1.54) is 0 Å². The Labute approximate surface area is 126 Å². The van der Waals surface area contributed by atoms with Gasteiger partial charge in [-0.2, -0.15) is 0 Å². The molecular formula is C15H23NO4S. The average molecular weight is 313 g/mol. The summed E-state index contributed by atoms with van der Waals surface area (Å²) in [6.07, 6.45) is 3.61. The smallest absolute Gasteiger partial charge is 0.240 e. The highest BCUT2D eigenvalue weighted by molar-refractivity contribution is 7.89. The Hall–Kier alpha value is -1.11. The van der Waals surface area contributed by atoms with Gasteiger partial charge < -0.3 is 9.84 Å². The maximum Gasteiger partial charge on any atom is 0.240 e. The molecule has 118 valence electrons. The van der Waals surface area contributed by atoms with Crippen LogP contribution in [0, 0.1) is 5.92 Å². The van der Waals surface area contributed by atoms with Gasteiger partial charge in [0.25, 0.3) is 0 Å². The van der Waals surface area contributed by atoms with Crippen molar-refractivity contribution < 1.29 is 18.3 Å². The van der Waals surface area contributed by atoms with Gasteiger partial charge in [-0.3, -0.25) is 0 Å². The van der Waals surface area contributed by atoms with Gasteiger partial charge in [0.15, 0.2) is 0 Å². The number of rotatable bonds is 7. The summed E-state index contributed by atoms with van der Waals surface area (Å²) < 4.78 is 32.8. The lowest BCUT2D eigenvalue weighted by Gasteiger charge is -2.17. The molecular weight excluding hydrogens is 290 g/mol. The molecule has 1 aliphatic rings. The molecule has 0 saturated heterocycles. The van der Waals surface area contributed by atoms with Gasteiger partial charge in [0.1, 0.15) is 5.75 Å². The lowest BCUT2D eigenvalue weighted by molar-refractivity contribution is 0.233. The maximum atomic E-state index is 12.3. The van der Waals surface area contributed by atoms with Crippen LogP contribution in [0.1, 0.15) is 32.6 Å². The Morgan fingerprint density at radius 1 is 1.29 bits per heavy atom. The highest BCUT2D eigenvalue weighted by Crippen LogP contribution is 2.26. The number of ether oxygens (including phenoxy) is 1. The van der Waals surface area contributed by atoms with Crippen LogP contribution < -0.4 is 9.46 Å². The summed E-state index contributed by atoms with van der Waals surface area (Å²) in [5.74, 6) is 0.998. The third-order valence-electron chi connectivity index (χ3n) is 3.87. The molecule has 0 bridgehead atoms. The molecule has 1 aromatic carbocycles. The van der Waals surface area contributed by atoms with E-state index in [2.05, 4.69) is 11.6 Å². The summed E-state index contributed by atoms with van der Waals surface area (Å²) in [4.78, 5) is 0.260. The van der Waals surface area contributed by atoms with Crippen molar-refractivity contribution in [1.29, 1.82) is 0 Å². The summed E-state index contributed by atoms with van der Waals surface area (Å²) in [5.41, 5.74) is 0. The van der Waals surface area contributed by atoms with E-state index in [1.807, 2.05) is 0 Å². The molecule has 0 aliphatic heterocycles. The zero-order chi connectivity index (χ0) is 15.3. The van der Waals surface area contributed by atoms with Crippen molar-refractivity contribution in [3.8, 4) is 5.75 Å². The molecule has 0 heterocycles. The number of nitrogens with one attached hydrogen (secondary N) is 1. The summed E-state index contributed by atoms with van der Waals surface area (Å²) in [6, 6.07) is 6.43. The summed E-state index contributed by atoms with van der Waals surface area (Å²) >= 11 is 0. The van der Waals surface area contributed by atoms with Crippen molar-refractivity contribution >= 4 is 10.0 Å². The Kier molecular flexibility index (Phi) is 5.61. The van der Waals surface area contributed by atoms with Gasteiger partial charge in [-0.15, -0.1) is 0 Å². The maximum absolute atomic E-state index is 12.3. The predicted molar refractivity (Wildman–Crippen MR) is 80.8 cm³/mol. The summed E-state index contributed by atoms with van der Waals surface area (Å²) in [5, 5.41) is 8.68. The number of benzene rings is 1. The highest BCUT2D eigenvalue weighted by atomic mass is 32.2. The first-order valence-corrected chi connectivity index (χ1v) is 8.87. The average Bonchev–Trinajstić information content (AvgIpc) is 2.84. The first kappa shape index (κ1) is 16.3. The predicted octanol–water partition coefficient (Wildman–Crippen LogP) is 1.91. The van der Waals surface area contributed by atoms with Gasteiger partial charge in [0.2, 0.25) is 10.0 Å². The number of hydrogen-bond acceptors (Lipinski definition) is 4. The van der Waals surface area contributed by atoms with Gasteiger partial charge in [0.05, 0.1) is 11.5 Å². The van der Waals surface area contributed by atoms with Crippen molar-refractivity contribution in [3.05, 3.63) is 24.3 Å². The van der Waals surface area contributed by atoms with E-state index < -0.39 is 10.0 Å². The molecule has 5 nitrogen and oxygen atoms in total. The van der Waals surface area contributed by atoms with E-state index in [4.69, 9.17) is 9.84 Å². The molecule has 2 atom stereocenters. The van der Waals surface area contributed by atoms with Gasteiger partial charge in [-0.1, -0.05) is 13.3 Å². The van der Waals surface area contributed by atoms with E-state index >= 15 is 0 Å². The second-order valence-electron chi connectivity index (χ2n) is 5.53. The molecule has 1 fully saturated rings. The molecule has 2 N–H and O–H groups in total. The number of aliphatic hydroxyl groups is 1. The van der Waals surface area contributed by atoms with Crippen LogP contribution in [-0.4, -0.2) is 32.8 Å². The molecule has 1 aromatic rings. The normalized spacial score (nSPS) is 22.4. The second kappa shape index (κ2) is 7.24. The molecule has 1 aliphatic carbocycles. The minimum absolute atomic E-state index is 0.0375. The van der Waals surface area contributed by atoms with Crippen LogP contribution in [0.2, 0.25) is 0 Å². The third kappa shape index (κ3) is 4.43. The van der Waals surface area contributed by atoms with E-state index in [9.17, 15) is 8.42 Å². The fourth-order valence-corrected chi connectivity index (χ4v) is 3.94. The van der Waals surface area contributed by atoms with Gasteiger partial charge in [0, 0.05) is 19.1 Å². The lowest BCUT2D eigenvalue weighted by Crippen LogP contribution is -2.36. The van der Waals surface area contributed by atoms with Crippen molar-refractivity contribution in [2.45, 2.75) is 43.5 Å². The van der Waals surface area contributed by atoms with E-state index in [-0.39, 0.29) is 17.5 Å². The van der Waals surface area contributed by atoms with Crippen LogP contribution in [0.25, 0.3) is 0 Å². The Bertz CT molecular complexity index is 541. The van der Waals surface area contributed by atoms with Crippen LogP contribution in [0.3, 0.4) is 0 Å². The number of hydrogen-bond donors (Lipinski definition) is 2. The summed E-state index contributed by atoms with van der Waals surface area (Å²) in [7, 11) is -3.46. The van der Waals surface area contributed by atoms with Crippen LogP contribution >= 0.6 is 0 Å².